The van der Waals surface area contributed by atoms with Gasteiger partial charge in [0.2, 0.25) is 5.91 Å². The number of urea groups is 1. The first-order valence-corrected chi connectivity index (χ1v) is 10.3. The Balaban J connectivity index is 1.80. The molecule has 1 aromatic rings. The molecule has 2 aliphatic rings. The van der Waals surface area contributed by atoms with E-state index in [0.717, 1.165) is 36.9 Å². The van der Waals surface area contributed by atoms with E-state index in [2.05, 4.69) is 11.4 Å². The third-order valence-corrected chi connectivity index (χ3v) is 6.28. The van der Waals surface area contributed by atoms with Crippen molar-refractivity contribution >= 4 is 23.3 Å². The molecule has 0 unspecified atom stereocenters. The Morgan fingerprint density at radius 1 is 1.17 bits per heavy atom. The molecule has 0 aromatic heterocycles. The van der Waals surface area contributed by atoms with Gasteiger partial charge in [-0.3, -0.25) is 4.79 Å². The monoisotopic (exact) mass is 397 g/mol. The van der Waals surface area contributed by atoms with Crippen LogP contribution in [0.1, 0.15) is 50.2 Å². The lowest BCUT2D eigenvalue weighted by molar-refractivity contribution is -0.141. The number of hydrogen-bond acceptors (Lipinski definition) is 4. The summed E-state index contributed by atoms with van der Waals surface area (Å²) in [5.41, 5.74) is 2.68. The van der Waals surface area contributed by atoms with Gasteiger partial charge in [0.1, 0.15) is 6.07 Å². The number of rotatable bonds is 2. The van der Waals surface area contributed by atoms with Gasteiger partial charge in [-0.05, 0) is 37.5 Å². The van der Waals surface area contributed by atoms with E-state index < -0.39 is 0 Å². The van der Waals surface area contributed by atoms with Crippen molar-refractivity contribution in [1.82, 2.24) is 9.80 Å². The predicted octanol–water partition coefficient (Wildman–Crippen LogP) is 3.33. The van der Waals surface area contributed by atoms with Crippen molar-refractivity contribution in [2.24, 2.45) is 0 Å². The highest BCUT2D eigenvalue weighted by atomic mass is 16.2. The second-order valence-corrected chi connectivity index (χ2v) is 8.50. The van der Waals surface area contributed by atoms with Crippen LogP contribution in [0.4, 0.5) is 16.2 Å². The Morgan fingerprint density at radius 3 is 2.45 bits per heavy atom. The van der Waals surface area contributed by atoms with Crippen molar-refractivity contribution in [3.05, 3.63) is 23.3 Å². The van der Waals surface area contributed by atoms with Crippen LogP contribution >= 0.6 is 0 Å². The van der Waals surface area contributed by atoms with Gasteiger partial charge in [-0.2, -0.15) is 5.26 Å². The number of carbonyl (C=O) groups excluding carboxylic acids is 2. The van der Waals surface area contributed by atoms with Crippen molar-refractivity contribution in [2.45, 2.75) is 51.5 Å². The molecule has 1 saturated carbocycles. The number of aryl methyl sites for hydroxylation is 1. The number of amides is 3. The van der Waals surface area contributed by atoms with E-state index in [-0.39, 0.29) is 17.5 Å². The molecule has 7 nitrogen and oxygen atoms in total. The molecule has 0 atom stereocenters. The maximum absolute atomic E-state index is 13.1. The molecule has 2 fully saturated rings. The fourth-order valence-electron chi connectivity index (χ4n) is 4.85. The van der Waals surface area contributed by atoms with Crippen molar-refractivity contribution in [3.63, 3.8) is 0 Å². The van der Waals surface area contributed by atoms with Gasteiger partial charge in [-0.15, -0.1) is 0 Å². The van der Waals surface area contributed by atoms with Crippen LogP contribution in [-0.2, 0) is 4.79 Å². The Morgan fingerprint density at radius 2 is 1.86 bits per heavy atom. The van der Waals surface area contributed by atoms with Crippen LogP contribution in [0.25, 0.3) is 0 Å². The molecule has 7 heteroatoms. The molecular formula is C22H31N5O2. The van der Waals surface area contributed by atoms with E-state index in [9.17, 15) is 14.9 Å². The van der Waals surface area contributed by atoms with E-state index in [1.165, 1.54) is 6.42 Å². The lowest BCUT2D eigenvalue weighted by atomic mass is 9.78. The highest BCUT2D eigenvalue weighted by Crippen LogP contribution is 2.37. The van der Waals surface area contributed by atoms with Crippen molar-refractivity contribution < 1.29 is 9.59 Å². The molecular weight excluding hydrogens is 366 g/mol. The zero-order chi connectivity index (χ0) is 21.2. The quantitative estimate of drug-likeness (QED) is 0.830. The summed E-state index contributed by atoms with van der Waals surface area (Å²) in [5.74, 6) is 0.0913. The van der Waals surface area contributed by atoms with Gasteiger partial charge in [-0.25, -0.2) is 4.79 Å². The molecule has 0 bridgehead atoms. The number of nitriles is 1. The number of nitrogens with zero attached hydrogens (tertiary/aromatic N) is 4. The molecule has 156 valence electrons. The molecule has 1 heterocycles. The molecule has 1 aliphatic carbocycles. The lowest BCUT2D eigenvalue weighted by Crippen LogP contribution is -2.65. The highest BCUT2D eigenvalue weighted by molar-refractivity contribution is 5.92. The van der Waals surface area contributed by atoms with Crippen LogP contribution in [0, 0.1) is 18.3 Å². The van der Waals surface area contributed by atoms with Gasteiger partial charge in [0.15, 0.2) is 0 Å². The first-order chi connectivity index (χ1) is 13.8. The number of hydrogen-bond donors (Lipinski definition) is 1. The Hall–Kier alpha value is -2.75. The molecule has 0 radical (unpaired) electrons. The second kappa shape index (κ2) is 8.32. The van der Waals surface area contributed by atoms with Gasteiger partial charge < -0.3 is 20.0 Å². The summed E-state index contributed by atoms with van der Waals surface area (Å²) >= 11 is 0. The maximum Gasteiger partial charge on any atom is 0.322 e. The third kappa shape index (κ3) is 4.16. The van der Waals surface area contributed by atoms with Gasteiger partial charge in [0, 0.05) is 46.3 Å². The summed E-state index contributed by atoms with van der Waals surface area (Å²) in [4.78, 5) is 31.0. The number of nitrogens with one attached hydrogen (secondary N) is 1. The van der Waals surface area contributed by atoms with Crippen molar-refractivity contribution in [3.8, 4) is 6.07 Å². The van der Waals surface area contributed by atoms with E-state index in [1.807, 2.05) is 36.9 Å². The summed E-state index contributed by atoms with van der Waals surface area (Å²) in [6, 6.07) is 5.65. The van der Waals surface area contributed by atoms with Crippen LogP contribution in [0.5, 0.6) is 0 Å². The topological polar surface area (TPSA) is 79.7 Å². The average molecular weight is 398 g/mol. The predicted molar refractivity (Wildman–Crippen MR) is 114 cm³/mol. The van der Waals surface area contributed by atoms with Crippen LogP contribution in [0.15, 0.2) is 12.1 Å². The zero-order valence-electron chi connectivity index (χ0n) is 17.9. The minimum absolute atomic E-state index is 0.0913. The highest BCUT2D eigenvalue weighted by Gasteiger charge is 2.44. The first-order valence-electron chi connectivity index (χ1n) is 10.3. The van der Waals surface area contributed by atoms with Crippen LogP contribution < -0.4 is 10.2 Å². The Kier molecular flexibility index (Phi) is 6.02. The first kappa shape index (κ1) is 21.0. The Bertz CT molecular complexity index is 836. The molecule has 3 amide bonds. The third-order valence-electron chi connectivity index (χ3n) is 6.28. The second-order valence-electron chi connectivity index (χ2n) is 8.50. The van der Waals surface area contributed by atoms with Crippen molar-refractivity contribution in [2.75, 3.05) is 43.9 Å². The van der Waals surface area contributed by atoms with E-state index in [0.29, 0.717) is 30.9 Å². The van der Waals surface area contributed by atoms with E-state index in [4.69, 9.17) is 0 Å². The van der Waals surface area contributed by atoms with Gasteiger partial charge in [0.25, 0.3) is 0 Å². The van der Waals surface area contributed by atoms with Gasteiger partial charge in [0.05, 0.1) is 16.8 Å². The average Bonchev–Trinajstić information content (AvgIpc) is 2.68. The SMILES string of the molecule is CC(=O)N1CCN(C(=O)Nc2cc(C)c(N(C)C)cc2C#N)CC12CCCCC2. The molecule has 1 N–H and O–H groups in total. The summed E-state index contributed by atoms with van der Waals surface area (Å²) in [6.45, 7) is 5.21. The summed E-state index contributed by atoms with van der Waals surface area (Å²) in [6.07, 6.45) is 5.24. The fourth-order valence-corrected chi connectivity index (χ4v) is 4.85. The van der Waals surface area contributed by atoms with Gasteiger partial charge in [-0.1, -0.05) is 19.3 Å². The van der Waals surface area contributed by atoms with Crippen molar-refractivity contribution in [1.29, 1.82) is 5.26 Å². The Labute approximate surface area is 173 Å². The standard InChI is InChI=1S/C22H31N5O2/c1-16-12-19(18(14-23)13-20(16)25(3)4)24-21(29)26-10-11-27(17(2)28)22(15-26)8-6-5-7-9-22/h12-13H,5-11,15H2,1-4H3,(H,24,29). The minimum atomic E-state index is -0.248. The number of piperazine rings is 1. The van der Waals surface area contributed by atoms with Crippen LogP contribution in [0.2, 0.25) is 0 Å². The number of benzene rings is 1. The van der Waals surface area contributed by atoms with E-state index >= 15 is 0 Å². The number of carbonyl (C=O) groups is 2. The lowest BCUT2D eigenvalue weighted by Gasteiger charge is -2.52. The molecule has 1 spiro atoms. The number of anilines is 2. The molecule has 1 aromatic carbocycles. The largest absolute Gasteiger partial charge is 0.377 e. The van der Waals surface area contributed by atoms with Gasteiger partial charge >= 0.3 is 6.03 Å². The minimum Gasteiger partial charge on any atom is -0.377 e. The smallest absolute Gasteiger partial charge is 0.322 e. The summed E-state index contributed by atoms with van der Waals surface area (Å²) in [7, 11) is 3.86. The molecule has 1 aliphatic heterocycles. The maximum atomic E-state index is 13.1. The van der Waals surface area contributed by atoms with E-state index in [1.54, 1.807) is 17.9 Å². The zero-order valence-corrected chi connectivity index (χ0v) is 17.9. The fraction of sp³-hybridized carbons (Fsp3) is 0.591. The summed E-state index contributed by atoms with van der Waals surface area (Å²) in [5, 5.41) is 12.5. The van der Waals surface area contributed by atoms with Crippen LogP contribution in [0.3, 0.4) is 0 Å². The normalized spacial score (nSPS) is 18.3. The molecule has 29 heavy (non-hydrogen) atoms. The molecule has 1 saturated heterocycles. The van der Waals surface area contributed by atoms with Crippen LogP contribution in [-0.4, -0.2) is 61.0 Å². The molecule has 3 rings (SSSR count). The summed E-state index contributed by atoms with van der Waals surface area (Å²) < 4.78 is 0.